The highest BCUT2D eigenvalue weighted by molar-refractivity contribution is 7.92. The van der Waals surface area contributed by atoms with Crippen LogP contribution >= 0.6 is 0 Å². The second-order valence-electron chi connectivity index (χ2n) is 7.26. The fraction of sp³-hybridized carbons (Fsp3) is 0.611. The van der Waals surface area contributed by atoms with Gasteiger partial charge < -0.3 is 4.90 Å². The lowest BCUT2D eigenvalue weighted by molar-refractivity contribution is -0.134. The summed E-state index contributed by atoms with van der Waals surface area (Å²) < 4.78 is 36.6. The average molecular weight is 353 g/mol. The fourth-order valence-electron chi connectivity index (χ4n) is 4.24. The van der Waals surface area contributed by atoms with Gasteiger partial charge in [-0.05, 0) is 43.9 Å². The number of rotatable bonds is 3. The molecule has 0 radical (unpaired) electrons. The second kappa shape index (κ2) is 6.14. The van der Waals surface area contributed by atoms with Crippen molar-refractivity contribution in [2.75, 3.05) is 12.8 Å². The predicted molar refractivity (Wildman–Crippen MR) is 91.0 cm³/mol. The number of carbonyl (C=O) groups excluding carboxylic acids is 1. The zero-order valence-corrected chi connectivity index (χ0v) is 15.0. The molecule has 0 unspecified atom stereocenters. The van der Waals surface area contributed by atoms with Gasteiger partial charge in [0.2, 0.25) is 5.91 Å². The van der Waals surface area contributed by atoms with E-state index in [1.54, 1.807) is 17.0 Å². The van der Waals surface area contributed by atoms with E-state index in [1.807, 2.05) is 6.92 Å². The summed E-state index contributed by atoms with van der Waals surface area (Å²) >= 11 is 0. The Morgan fingerprint density at radius 1 is 1.21 bits per heavy atom. The van der Waals surface area contributed by atoms with Crippen molar-refractivity contribution >= 4 is 15.7 Å². The molecule has 0 aromatic heterocycles. The van der Waals surface area contributed by atoms with Crippen molar-refractivity contribution in [1.29, 1.82) is 0 Å². The number of halogens is 1. The maximum absolute atomic E-state index is 13.1. The smallest absolute Gasteiger partial charge is 0.244 e. The first kappa shape index (κ1) is 17.4. The monoisotopic (exact) mass is 353 g/mol. The van der Waals surface area contributed by atoms with Crippen molar-refractivity contribution in [2.24, 2.45) is 0 Å². The summed E-state index contributed by atoms with van der Waals surface area (Å²) in [6.45, 7) is 2.47. The zero-order valence-electron chi connectivity index (χ0n) is 14.2. The Balaban J connectivity index is 1.84. The highest BCUT2D eigenvalue weighted by Crippen LogP contribution is 2.41. The van der Waals surface area contributed by atoms with E-state index in [0.717, 1.165) is 24.8 Å². The van der Waals surface area contributed by atoms with Crippen LogP contribution < -0.4 is 0 Å². The molecule has 1 aromatic carbocycles. The number of hydrogen-bond donors (Lipinski definition) is 0. The molecule has 0 N–H and O–H groups in total. The van der Waals surface area contributed by atoms with Crippen molar-refractivity contribution in [2.45, 2.75) is 55.7 Å². The lowest BCUT2D eigenvalue weighted by Crippen LogP contribution is -2.53. The van der Waals surface area contributed by atoms with E-state index in [4.69, 9.17) is 0 Å². The first-order chi connectivity index (χ1) is 11.2. The van der Waals surface area contributed by atoms with Crippen molar-refractivity contribution in [3.63, 3.8) is 0 Å². The normalized spacial score (nSPS) is 26.7. The van der Waals surface area contributed by atoms with Crippen LogP contribution in [0.3, 0.4) is 0 Å². The van der Waals surface area contributed by atoms with Crippen LogP contribution in [-0.4, -0.2) is 42.8 Å². The van der Waals surface area contributed by atoms with Crippen molar-refractivity contribution in [3.8, 4) is 0 Å². The molecule has 1 heterocycles. The number of likely N-dealkylation sites (tertiary alicyclic amines) is 1. The minimum absolute atomic E-state index is 0.00761. The molecule has 1 aromatic rings. The number of sulfone groups is 1. The SMILES string of the molecule is C[C@H]1C[C@H](c2ccc(F)cc2)CN1C(=O)C1(S(C)(=O)=O)CCCC1. The molecule has 24 heavy (non-hydrogen) atoms. The molecule has 2 aliphatic rings. The van der Waals surface area contributed by atoms with Gasteiger partial charge in [0, 0.05) is 24.8 Å². The van der Waals surface area contributed by atoms with Crippen LogP contribution in [-0.2, 0) is 14.6 Å². The lowest BCUT2D eigenvalue weighted by atomic mass is 9.97. The number of benzene rings is 1. The van der Waals surface area contributed by atoms with E-state index >= 15 is 0 Å². The molecule has 1 aliphatic carbocycles. The molecule has 4 nitrogen and oxygen atoms in total. The van der Waals surface area contributed by atoms with E-state index in [0.29, 0.717) is 19.4 Å². The number of amides is 1. The summed E-state index contributed by atoms with van der Waals surface area (Å²) in [5.74, 6) is -0.387. The molecule has 0 spiro atoms. The number of carbonyl (C=O) groups is 1. The summed E-state index contributed by atoms with van der Waals surface area (Å²) in [4.78, 5) is 14.9. The molecule has 132 valence electrons. The topological polar surface area (TPSA) is 54.5 Å². The maximum atomic E-state index is 13.1. The Morgan fingerprint density at radius 2 is 1.79 bits per heavy atom. The van der Waals surface area contributed by atoms with Crippen LogP contribution in [0.15, 0.2) is 24.3 Å². The van der Waals surface area contributed by atoms with Crippen LogP contribution in [0.25, 0.3) is 0 Å². The predicted octanol–water partition coefficient (Wildman–Crippen LogP) is 2.89. The van der Waals surface area contributed by atoms with E-state index in [2.05, 4.69) is 0 Å². The van der Waals surface area contributed by atoms with E-state index in [1.165, 1.54) is 18.4 Å². The molecule has 3 rings (SSSR count). The molecule has 1 amide bonds. The zero-order chi connectivity index (χ0) is 17.5. The van der Waals surface area contributed by atoms with Gasteiger partial charge in [-0.3, -0.25) is 4.79 Å². The highest BCUT2D eigenvalue weighted by atomic mass is 32.2. The third-order valence-electron chi connectivity index (χ3n) is 5.69. The summed E-state index contributed by atoms with van der Waals surface area (Å²) in [6, 6.07) is 6.36. The Kier molecular flexibility index (Phi) is 4.45. The molecule has 2 fully saturated rings. The van der Waals surface area contributed by atoms with Crippen LogP contribution in [0.5, 0.6) is 0 Å². The molecule has 1 saturated carbocycles. The second-order valence-corrected chi connectivity index (χ2v) is 9.59. The van der Waals surface area contributed by atoms with Gasteiger partial charge in [0.15, 0.2) is 14.6 Å². The summed E-state index contributed by atoms with van der Waals surface area (Å²) in [6.07, 6.45) is 4.38. The average Bonchev–Trinajstić information content (AvgIpc) is 3.14. The molecular weight excluding hydrogens is 329 g/mol. The van der Waals surface area contributed by atoms with Crippen molar-refractivity contribution < 1.29 is 17.6 Å². The fourth-order valence-corrected chi connectivity index (χ4v) is 5.71. The first-order valence-electron chi connectivity index (χ1n) is 8.51. The standard InChI is InChI=1S/C18H24FNO3S/c1-13-11-15(14-5-7-16(19)8-6-14)12-20(13)17(21)18(24(2,22)23)9-3-4-10-18/h5-8,13,15H,3-4,9-12H2,1-2H3/t13-,15-/m0/s1. The van der Waals surface area contributed by atoms with Gasteiger partial charge in [0.1, 0.15) is 5.82 Å². The largest absolute Gasteiger partial charge is 0.338 e. The van der Waals surface area contributed by atoms with Crippen LogP contribution in [0, 0.1) is 5.82 Å². The lowest BCUT2D eigenvalue weighted by Gasteiger charge is -2.33. The Hall–Kier alpha value is -1.43. The van der Waals surface area contributed by atoms with Gasteiger partial charge in [-0.15, -0.1) is 0 Å². The number of hydrogen-bond acceptors (Lipinski definition) is 3. The Labute approximate surface area is 143 Å². The van der Waals surface area contributed by atoms with Gasteiger partial charge in [0.25, 0.3) is 0 Å². The molecule has 2 atom stereocenters. The quantitative estimate of drug-likeness (QED) is 0.840. The van der Waals surface area contributed by atoms with Gasteiger partial charge in [-0.2, -0.15) is 0 Å². The Bertz CT molecular complexity index is 723. The molecule has 6 heteroatoms. The molecular formula is C18H24FNO3S. The molecule has 1 saturated heterocycles. The molecule has 0 bridgehead atoms. The third-order valence-corrected chi connectivity index (χ3v) is 7.69. The number of nitrogens with zero attached hydrogens (tertiary/aromatic N) is 1. The highest BCUT2D eigenvalue weighted by Gasteiger charge is 2.53. The summed E-state index contributed by atoms with van der Waals surface area (Å²) in [5.41, 5.74) is 0.998. The van der Waals surface area contributed by atoms with E-state index in [-0.39, 0.29) is 23.7 Å². The van der Waals surface area contributed by atoms with Gasteiger partial charge in [0.05, 0.1) is 0 Å². The van der Waals surface area contributed by atoms with Crippen LogP contribution in [0.4, 0.5) is 4.39 Å². The maximum Gasteiger partial charge on any atom is 0.244 e. The van der Waals surface area contributed by atoms with Gasteiger partial charge >= 0.3 is 0 Å². The van der Waals surface area contributed by atoms with Crippen molar-refractivity contribution in [3.05, 3.63) is 35.6 Å². The third kappa shape index (κ3) is 2.85. The van der Waals surface area contributed by atoms with E-state index < -0.39 is 14.6 Å². The van der Waals surface area contributed by atoms with Gasteiger partial charge in [-0.1, -0.05) is 25.0 Å². The van der Waals surface area contributed by atoms with Gasteiger partial charge in [-0.25, -0.2) is 12.8 Å². The van der Waals surface area contributed by atoms with Crippen LogP contribution in [0.1, 0.15) is 50.5 Å². The first-order valence-corrected chi connectivity index (χ1v) is 10.4. The minimum Gasteiger partial charge on any atom is -0.338 e. The molecule has 1 aliphatic heterocycles. The van der Waals surface area contributed by atoms with E-state index in [9.17, 15) is 17.6 Å². The minimum atomic E-state index is -3.45. The summed E-state index contributed by atoms with van der Waals surface area (Å²) in [7, 11) is -3.45. The van der Waals surface area contributed by atoms with Crippen LogP contribution in [0.2, 0.25) is 0 Å². The summed E-state index contributed by atoms with van der Waals surface area (Å²) in [5, 5.41) is 0. The Morgan fingerprint density at radius 3 is 2.33 bits per heavy atom. The van der Waals surface area contributed by atoms with Crippen molar-refractivity contribution in [1.82, 2.24) is 4.90 Å².